The molecule has 8 heteroatoms. The maximum Gasteiger partial charge on any atom is 0.274 e. The highest BCUT2D eigenvalue weighted by Crippen LogP contribution is 2.27. The molecule has 1 aromatic carbocycles. The fourth-order valence-electron chi connectivity index (χ4n) is 3.23. The number of rotatable bonds is 6. The van der Waals surface area contributed by atoms with Crippen molar-refractivity contribution in [2.75, 3.05) is 18.4 Å². The third-order valence-electron chi connectivity index (χ3n) is 4.78. The Hall–Kier alpha value is -2.12. The van der Waals surface area contributed by atoms with Crippen molar-refractivity contribution in [1.82, 2.24) is 15.2 Å². The molecular weight excluding hydrogens is 396 g/mol. The standard InChI is InChI=1S/C20H25ClN4O2S/c1-3-9-22-18(26)17-6-4-5-10-25(17)19(27)16-12-28-20(24-16)23-15-11-14(21)8-7-13(15)2/h7-8,11-12,17H,3-6,9-10H2,1-2H3,(H,22,26)(H,23,24)/t17-/m0/s1. The zero-order valence-electron chi connectivity index (χ0n) is 16.1. The molecule has 28 heavy (non-hydrogen) atoms. The van der Waals surface area contributed by atoms with E-state index in [1.54, 1.807) is 10.3 Å². The van der Waals surface area contributed by atoms with E-state index in [1.807, 2.05) is 32.0 Å². The quantitative estimate of drug-likeness (QED) is 0.727. The maximum absolute atomic E-state index is 13.0. The van der Waals surface area contributed by atoms with E-state index in [-0.39, 0.29) is 11.8 Å². The molecule has 2 amide bonds. The number of carbonyl (C=O) groups is 2. The largest absolute Gasteiger partial charge is 0.354 e. The number of likely N-dealkylation sites (tertiary alicyclic amines) is 1. The van der Waals surface area contributed by atoms with E-state index >= 15 is 0 Å². The van der Waals surface area contributed by atoms with Crippen molar-refractivity contribution in [3.63, 3.8) is 0 Å². The number of amides is 2. The molecule has 2 N–H and O–H groups in total. The van der Waals surface area contributed by atoms with Crippen molar-refractivity contribution in [3.8, 4) is 0 Å². The molecule has 1 aliphatic rings. The zero-order valence-corrected chi connectivity index (χ0v) is 17.7. The Morgan fingerprint density at radius 1 is 1.36 bits per heavy atom. The molecule has 0 radical (unpaired) electrons. The summed E-state index contributed by atoms with van der Waals surface area (Å²) in [4.78, 5) is 31.6. The number of halogens is 1. The third kappa shape index (κ3) is 4.83. The van der Waals surface area contributed by atoms with Gasteiger partial charge in [0.25, 0.3) is 5.91 Å². The van der Waals surface area contributed by atoms with Crippen LogP contribution in [-0.2, 0) is 4.79 Å². The van der Waals surface area contributed by atoms with Gasteiger partial charge in [-0.3, -0.25) is 9.59 Å². The number of aromatic nitrogens is 1. The topological polar surface area (TPSA) is 74.3 Å². The molecule has 0 aliphatic carbocycles. The number of nitrogens with one attached hydrogen (secondary N) is 2. The summed E-state index contributed by atoms with van der Waals surface area (Å²) >= 11 is 7.43. The lowest BCUT2D eigenvalue weighted by Crippen LogP contribution is -2.52. The Balaban J connectivity index is 1.73. The molecule has 1 saturated heterocycles. The second-order valence-corrected chi connectivity index (χ2v) is 8.22. The van der Waals surface area contributed by atoms with Gasteiger partial charge in [0.15, 0.2) is 5.13 Å². The van der Waals surface area contributed by atoms with Gasteiger partial charge in [-0.2, -0.15) is 0 Å². The smallest absolute Gasteiger partial charge is 0.274 e. The van der Waals surface area contributed by atoms with Crippen LogP contribution in [-0.4, -0.2) is 40.8 Å². The van der Waals surface area contributed by atoms with Crippen molar-refractivity contribution in [1.29, 1.82) is 0 Å². The minimum Gasteiger partial charge on any atom is -0.354 e. The van der Waals surface area contributed by atoms with Gasteiger partial charge in [-0.1, -0.05) is 24.6 Å². The first-order valence-corrected chi connectivity index (χ1v) is 10.8. The zero-order chi connectivity index (χ0) is 20.1. The molecule has 1 fully saturated rings. The average Bonchev–Trinajstić information content (AvgIpc) is 3.17. The molecule has 6 nitrogen and oxygen atoms in total. The summed E-state index contributed by atoms with van der Waals surface area (Å²) in [6, 6.07) is 5.18. The summed E-state index contributed by atoms with van der Waals surface area (Å²) in [5.41, 5.74) is 2.26. The Labute approximate surface area is 174 Å². The minimum absolute atomic E-state index is 0.0713. The number of piperidine rings is 1. The molecular formula is C20H25ClN4O2S. The van der Waals surface area contributed by atoms with Crippen LogP contribution in [0.2, 0.25) is 5.02 Å². The van der Waals surface area contributed by atoms with E-state index in [9.17, 15) is 9.59 Å². The normalized spacial score (nSPS) is 16.7. The van der Waals surface area contributed by atoms with Gasteiger partial charge in [-0.25, -0.2) is 4.98 Å². The number of hydrogen-bond acceptors (Lipinski definition) is 5. The molecule has 1 aromatic heterocycles. The maximum atomic E-state index is 13.0. The predicted octanol–water partition coefficient (Wildman–Crippen LogP) is 4.37. The highest BCUT2D eigenvalue weighted by Gasteiger charge is 2.33. The van der Waals surface area contributed by atoms with E-state index in [0.29, 0.717) is 35.4 Å². The van der Waals surface area contributed by atoms with Crippen LogP contribution >= 0.6 is 22.9 Å². The fourth-order valence-corrected chi connectivity index (χ4v) is 4.10. The summed E-state index contributed by atoms with van der Waals surface area (Å²) in [5, 5.41) is 9.13. The van der Waals surface area contributed by atoms with Gasteiger partial charge < -0.3 is 15.5 Å². The molecule has 1 aliphatic heterocycles. The van der Waals surface area contributed by atoms with E-state index in [4.69, 9.17) is 11.6 Å². The van der Waals surface area contributed by atoms with Gasteiger partial charge in [0, 0.05) is 29.2 Å². The van der Waals surface area contributed by atoms with Crippen molar-refractivity contribution < 1.29 is 9.59 Å². The highest BCUT2D eigenvalue weighted by molar-refractivity contribution is 7.14. The number of thiazole rings is 1. The highest BCUT2D eigenvalue weighted by atomic mass is 35.5. The summed E-state index contributed by atoms with van der Waals surface area (Å²) in [6.07, 6.45) is 3.42. The number of hydrogen-bond donors (Lipinski definition) is 2. The lowest BCUT2D eigenvalue weighted by molar-refractivity contribution is -0.126. The number of aryl methyl sites for hydroxylation is 1. The average molecular weight is 421 g/mol. The number of anilines is 2. The van der Waals surface area contributed by atoms with Crippen molar-refractivity contribution in [2.24, 2.45) is 0 Å². The van der Waals surface area contributed by atoms with Gasteiger partial charge in [0.1, 0.15) is 11.7 Å². The van der Waals surface area contributed by atoms with E-state index < -0.39 is 6.04 Å². The third-order valence-corrected chi connectivity index (χ3v) is 5.77. The van der Waals surface area contributed by atoms with E-state index in [2.05, 4.69) is 15.6 Å². The molecule has 150 valence electrons. The van der Waals surface area contributed by atoms with Crippen LogP contribution in [0.25, 0.3) is 0 Å². The SMILES string of the molecule is CCCNC(=O)[C@@H]1CCCCN1C(=O)c1csc(Nc2cc(Cl)ccc2C)n1. The number of carbonyl (C=O) groups excluding carboxylic acids is 2. The Kier molecular flexibility index (Phi) is 6.91. The molecule has 0 spiro atoms. The monoisotopic (exact) mass is 420 g/mol. The van der Waals surface area contributed by atoms with Gasteiger partial charge in [0.2, 0.25) is 5.91 Å². The van der Waals surface area contributed by atoms with Crippen LogP contribution in [0.15, 0.2) is 23.6 Å². The van der Waals surface area contributed by atoms with E-state index in [0.717, 1.165) is 30.5 Å². The summed E-state index contributed by atoms with van der Waals surface area (Å²) < 4.78 is 0. The van der Waals surface area contributed by atoms with Gasteiger partial charge in [0.05, 0.1) is 0 Å². The van der Waals surface area contributed by atoms with Crippen LogP contribution in [0.3, 0.4) is 0 Å². The van der Waals surface area contributed by atoms with Crippen LogP contribution in [0.1, 0.15) is 48.7 Å². The molecule has 0 bridgehead atoms. The summed E-state index contributed by atoms with van der Waals surface area (Å²) in [6.45, 7) is 5.19. The first-order valence-electron chi connectivity index (χ1n) is 9.57. The molecule has 2 aromatic rings. The van der Waals surface area contributed by atoms with Gasteiger partial charge in [-0.05, 0) is 50.3 Å². The molecule has 0 unspecified atom stereocenters. The van der Waals surface area contributed by atoms with Crippen LogP contribution in [0.4, 0.5) is 10.8 Å². The second kappa shape index (κ2) is 9.39. The molecule has 0 saturated carbocycles. The lowest BCUT2D eigenvalue weighted by atomic mass is 10.0. The van der Waals surface area contributed by atoms with Crippen LogP contribution in [0, 0.1) is 6.92 Å². The van der Waals surface area contributed by atoms with Gasteiger partial charge in [-0.15, -0.1) is 11.3 Å². The van der Waals surface area contributed by atoms with Gasteiger partial charge >= 0.3 is 0 Å². The Morgan fingerprint density at radius 2 is 2.18 bits per heavy atom. The van der Waals surface area contributed by atoms with Crippen LogP contribution < -0.4 is 10.6 Å². The van der Waals surface area contributed by atoms with Crippen molar-refractivity contribution in [2.45, 2.75) is 45.6 Å². The Bertz CT molecular complexity index is 854. The first kappa shape index (κ1) is 20.6. The number of benzene rings is 1. The summed E-state index contributed by atoms with van der Waals surface area (Å²) in [5.74, 6) is -0.263. The van der Waals surface area contributed by atoms with Crippen molar-refractivity contribution >= 4 is 45.6 Å². The van der Waals surface area contributed by atoms with E-state index in [1.165, 1.54) is 11.3 Å². The van der Waals surface area contributed by atoms with Crippen molar-refractivity contribution in [3.05, 3.63) is 39.9 Å². The first-order chi connectivity index (χ1) is 13.5. The van der Waals surface area contributed by atoms with Crippen LogP contribution in [0.5, 0.6) is 0 Å². The second-order valence-electron chi connectivity index (χ2n) is 6.92. The Morgan fingerprint density at radius 3 is 2.96 bits per heavy atom. The molecule has 1 atom stereocenters. The molecule has 2 heterocycles. The predicted molar refractivity (Wildman–Crippen MR) is 114 cm³/mol. The fraction of sp³-hybridized carbons (Fsp3) is 0.450. The minimum atomic E-state index is -0.416. The lowest BCUT2D eigenvalue weighted by Gasteiger charge is -2.34. The molecule has 3 rings (SSSR count). The number of nitrogens with zero attached hydrogens (tertiary/aromatic N) is 2. The summed E-state index contributed by atoms with van der Waals surface area (Å²) in [7, 11) is 0.